The number of unbranched alkanes of at least 4 members (excludes halogenated alkanes) is 5. The zero-order valence-electron chi connectivity index (χ0n) is 17.4. The second-order valence-corrected chi connectivity index (χ2v) is 7.58. The number of hydrogen-bond donors (Lipinski definition) is 0. The Hall–Kier alpha value is -3.72. The number of nitrogens with zero attached hydrogens (tertiary/aromatic N) is 5. The second-order valence-electron chi connectivity index (χ2n) is 7.58. The Morgan fingerprint density at radius 1 is 0.839 bits per heavy atom. The summed E-state index contributed by atoms with van der Waals surface area (Å²) in [5, 5.41) is 18.1. The molecule has 6 nitrogen and oxygen atoms in total. The van der Waals surface area contributed by atoms with Gasteiger partial charge >= 0.3 is 0 Å². The lowest BCUT2D eigenvalue weighted by Gasteiger charge is -2.08. The maximum Gasteiger partial charge on any atom is 0.266 e. The molecule has 156 valence electrons. The van der Waals surface area contributed by atoms with Crippen molar-refractivity contribution in [3.63, 3.8) is 0 Å². The van der Waals surface area contributed by atoms with Crippen molar-refractivity contribution in [1.29, 1.82) is 5.26 Å². The molecule has 0 spiro atoms. The van der Waals surface area contributed by atoms with Gasteiger partial charge in [0.2, 0.25) is 0 Å². The van der Waals surface area contributed by atoms with Crippen LogP contribution in [0.2, 0.25) is 0 Å². The number of pyridine rings is 1. The Kier molecular flexibility index (Phi) is 6.53. The third-order valence-corrected chi connectivity index (χ3v) is 5.37. The molecule has 0 amide bonds. The smallest absolute Gasteiger partial charge is 0.266 e. The van der Waals surface area contributed by atoms with Crippen LogP contribution in [0.3, 0.4) is 0 Å². The standard InChI is InChI=1S/C25H25N5O/c26-17-9-3-1-2-4-10-19-30-23(31)16-15-21(27-30)24-22-14-8-11-18-29(22)28-25(24)20-12-6-5-7-13-20/h5-8,11-16,18H,1-4,9-10,19H2. The van der Waals surface area contributed by atoms with Gasteiger partial charge in [0.15, 0.2) is 0 Å². The number of fused-ring (bicyclic) bond motifs is 1. The van der Waals surface area contributed by atoms with Crippen LogP contribution < -0.4 is 5.56 Å². The van der Waals surface area contributed by atoms with E-state index in [0.29, 0.717) is 13.0 Å². The number of benzene rings is 1. The minimum absolute atomic E-state index is 0.0917. The molecular formula is C25H25N5O. The summed E-state index contributed by atoms with van der Waals surface area (Å²) in [6, 6.07) is 21.6. The van der Waals surface area contributed by atoms with Crippen LogP contribution in [0, 0.1) is 11.3 Å². The molecule has 0 radical (unpaired) electrons. The van der Waals surface area contributed by atoms with Gasteiger partial charge in [0.1, 0.15) is 5.69 Å². The van der Waals surface area contributed by atoms with Crippen molar-refractivity contribution in [3.8, 4) is 28.6 Å². The Balaban J connectivity index is 1.62. The van der Waals surface area contributed by atoms with E-state index in [-0.39, 0.29) is 5.56 Å². The molecule has 0 aliphatic carbocycles. The Morgan fingerprint density at radius 2 is 1.61 bits per heavy atom. The van der Waals surface area contributed by atoms with Crippen LogP contribution in [0.25, 0.3) is 28.0 Å². The highest BCUT2D eigenvalue weighted by molar-refractivity contribution is 5.90. The van der Waals surface area contributed by atoms with Crippen molar-refractivity contribution >= 4 is 5.52 Å². The van der Waals surface area contributed by atoms with Crippen LogP contribution >= 0.6 is 0 Å². The van der Waals surface area contributed by atoms with Crippen molar-refractivity contribution < 1.29 is 0 Å². The molecule has 6 heteroatoms. The molecular weight excluding hydrogens is 386 g/mol. The Morgan fingerprint density at radius 3 is 2.45 bits per heavy atom. The predicted molar refractivity (Wildman–Crippen MR) is 121 cm³/mol. The van der Waals surface area contributed by atoms with Crippen LogP contribution in [0.4, 0.5) is 0 Å². The third-order valence-electron chi connectivity index (χ3n) is 5.37. The van der Waals surface area contributed by atoms with Crippen LogP contribution in [0.1, 0.15) is 38.5 Å². The average Bonchev–Trinajstić information content (AvgIpc) is 3.20. The van der Waals surface area contributed by atoms with E-state index < -0.39 is 0 Å². The van der Waals surface area contributed by atoms with Crippen LogP contribution in [0.5, 0.6) is 0 Å². The van der Waals surface area contributed by atoms with E-state index in [1.54, 1.807) is 16.8 Å². The summed E-state index contributed by atoms with van der Waals surface area (Å²) in [6.45, 7) is 0.588. The van der Waals surface area contributed by atoms with Crippen LogP contribution in [0.15, 0.2) is 71.7 Å². The summed E-state index contributed by atoms with van der Waals surface area (Å²) in [7, 11) is 0. The average molecular weight is 412 g/mol. The van der Waals surface area contributed by atoms with Gasteiger partial charge in [0, 0.05) is 30.8 Å². The van der Waals surface area contributed by atoms with E-state index in [1.165, 1.54) is 0 Å². The molecule has 0 aliphatic rings. The summed E-state index contributed by atoms with van der Waals surface area (Å²) in [5.74, 6) is 0. The molecule has 0 aliphatic heterocycles. The normalized spacial score (nSPS) is 10.9. The molecule has 0 saturated heterocycles. The molecule has 0 atom stereocenters. The van der Waals surface area contributed by atoms with Crippen molar-refractivity contribution in [2.24, 2.45) is 0 Å². The quantitative estimate of drug-likeness (QED) is 0.360. The van der Waals surface area contributed by atoms with Crippen molar-refractivity contribution in [2.75, 3.05) is 0 Å². The first-order chi connectivity index (χ1) is 15.3. The second kappa shape index (κ2) is 9.86. The van der Waals surface area contributed by atoms with Gasteiger partial charge in [0.25, 0.3) is 5.56 Å². The van der Waals surface area contributed by atoms with Gasteiger partial charge in [-0.2, -0.15) is 15.5 Å². The summed E-state index contributed by atoms with van der Waals surface area (Å²) in [6.07, 6.45) is 7.53. The lowest BCUT2D eigenvalue weighted by Crippen LogP contribution is -2.22. The number of hydrogen-bond acceptors (Lipinski definition) is 4. The van der Waals surface area contributed by atoms with Crippen molar-refractivity contribution in [1.82, 2.24) is 19.4 Å². The summed E-state index contributed by atoms with van der Waals surface area (Å²) < 4.78 is 3.42. The predicted octanol–water partition coefficient (Wildman–Crippen LogP) is 5.09. The lowest BCUT2D eigenvalue weighted by molar-refractivity contribution is 0.513. The molecule has 0 bridgehead atoms. The van der Waals surface area contributed by atoms with E-state index in [0.717, 1.165) is 60.1 Å². The molecule has 0 fully saturated rings. The summed E-state index contributed by atoms with van der Waals surface area (Å²) in [5.41, 5.74) is 4.40. The third kappa shape index (κ3) is 4.72. The maximum atomic E-state index is 12.4. The van der Waals surface area contributed by atoms with Gasteiger partial charge in [-0.15, -0.1) is 0 Å². The number of nitriles is 1. The largest absolute Gasteiger partial charge is 0.268 e. The highest BCUT2D eigenvalue weighted by Crippen LogP contribution is 2.33. The summed E-state index contributed by atoms with van der Waals surface area (Å²) in [4.78, 5) is 12.4. The molecule has 0 unspecified atom stereocenters. The van der Waals surface area contributed by atoms with Crippen LogP contribution in [-0.4, -0.2) is 19.4 Å². The summed E-state index contributed by atoms with van der Waals surface area (Å²) >= 11 is 0. The monoisotopic (exact) mass is 411 g/mol. The van der Waals surface area contributed by atoms with E-state index >= 15 is 0 Å². The number of aromatic nitrogens is 4. The van der Waals surface area contributed by atoms with E-state index in [9.17, 15) is 4.79 Å². The zero-order chi connectivity index (χ0) is 21.5. The first-order valence-corrected chi connectivity index (χ1v) is 10.8. The zero-order valence-corrected chi connectivity index (χ0v) is 17.4. The molecule has 1 aromatic carbocycles. The molecule has 31 heavy (non-hydrogen) atoms. The van der Waals surface area contributed by atoms with Gasteiger partial charge in [-0.05, 0) is 31.0 Å². The fourth-order valence-corrected chi connectivity index (χ4v) is 3.79. The molecule has 4 rings (SSSR count). The number of rotatable bonds is 9. The fourth-order valence-electron chi connectivity index (χ4n) is 3.79. The first kappa shape index (κ1) is 20.5. The van der Waals surface area contributed by atoms with Gasteiger partial charge in [-0.3, -0.25) is 4.79 Å². The van der Waals surface area contributed by atoms with E-state index in [1.807, 2.05) is 59.2 Å². The van der Waals surface area contributed by atoms with Gasteiger partial charge in [-0.1, -0.05) is 55.7 Å². The molecule has 0 N–H and O–H groups in total. The highest BCUT2D eigenvalue weighted by Gasteiger charge is 2.18. The minimum Gasteiger partial charge on any atom is -0.268 e. The topological polar surface area (TPSA) is 76.0 Å². The maximum absolute atomic E-state index is 12.4. The van der Waals surface area contributed by atoms with Gasteiger partial charge < -0.3 is 0 Å². The molecule has 4 aromatic rings. The van der Waals surface area contributed by atoms with Crippen molar-refractivity contribution in [3.05, 3.63) is 77.2 Å². The van der Waals surface area contributed by atoms with Gasteiger partial charge in [0.05, 0.1) is 22.8 Å². The van der Waals surface area contributed by atoms with Crippen molar-refractivity contribution in [2.45, 2.75) is 45.1 Å². The lowest BCUT2D eigenvalue weighted by atomic mass is 10.0. The first-order valence-electron chi connectivity index (χ1n) is 10.8. The Bertz CT molecular complexity index is 1250. The Labute approximate surface area is 181 Å². The minimum atomic E-state index is -0.0917. The molecule has 3 aromatic heterocycles. The molecule has 3 heterocycles. The fraction of sp³-hybridized carbons (Fsp3) is 0.280. The van der Waals surface area contributed by atoms with Crippen LogP contribution in [-0.2, 0) is 6.54 Å². The van der Waals surface area contributed by atoms with Gasteiger partial charge in [-0.25, -0.2) is 9.20 Å². The highest BCUT2D eigenvalue weighted by atomic mass is 16.1. The van der Waals surface area contributed by atoms with E-state index in [4.69, 9.17) is 15.5 Å². The SMILES string of the molecule is N#CCCCCCCCn1nc(-c2c(-c3ccccc3)nn3ccccc23)ccc1=O. The molecule has 0 saturated carbocycles. The number of aryl methyl sites for hydroxylation is 1. The van der Waals surface area contributed by atoms with E-state index in [2.05, 4.69) is 6.07 Å².